The third-order valence-corrected chi connectivity index (χ3v) is 3.05. The molecule has 3 amide bonds. The van der Waals surface area contributed by atoms with Crippen LogP contribution in [0.4, 0.5) is 0 Å². The fourth-order valence-electron chi connectivity index (χ4n) is 2.03. The summed E-state index contributed by atoms with van der Waals surface area (Å²) in [5, 5.41) is 14.2. The zero-order chi connectivity index (χ0) is 14.7. The number of aromatic hydroxyl groups is 1. The second kappa shape index (κ2) is 5.60. The van der Waals surface area contributed by atoms with Crippen LogP contribution in [0.3, 0.4) is 0 Å². The van der Waals surface area contributed by atoms with Gasteiger partial charge in [-0.1, -0.05) is 12.1 Å². The SMILES string of the molecule is NC(=O)CC1NC(=O)C(Cc2ccc(O)cc2)NC1=O. The molecule has 0 spiro atoms. The van der Waals surface area contributed by atoms with Crippen LogP contribution in [0.1, 0.15) is 12.0 Å². The second-order valence-electron chi connectivity index (χ2n) is 4.66. The highest BCUT2D eigenvalue weighted by molar-refractivity contribution is 5.99. The number of primary amides is 1. The highest BCUT2D eigenvalue weighted by atomic mass is 16.3. The molecule has 1 saturated heterocycles. The van der Waals surface area contributed by atoms with Gasteiger partial charge in [0, 0.05) is 6.42 Å². The third-order valence-electron chi connectivity index (χ3n) is 3.05. The average Bonchev–Trinajstić information content (AvgIpc) is 2.37. The van der Waals surface area contributed by atoms with Crippen LogP contribution in [0.15, 0.2) is 24.3 Å². The van der Waals surface area contributed by atoms with E-state index in [-0.39, 0.29) is 18.1 Å². The van der Waals surface area contributed by atoms with E-state index in [1.165, 1.54) is 12.1 Å². The molecule has 2 atom stereocenters. The Hall–Kier alpha value is -2.57. The van der Waals surface area contributed by atoms with Gasteiger partial charge in [0.1, 0.15) is 17.8 Å². The number of carbonyl (C=O) groups is 3. The van der Waals surface area contributed by atoms with Crippen molar-refractivity contribution in [3.8, 4) is 5.75 Å². The normalized spacial score (nSPS) is 22.0. The molecule has 106 valence electrons. The fraction of sp³-hybridized carbons (Fsp3) is 0.308. The van der Waals surface area contributed by atoms with Crippen molar-refractivity contribution in [3.63, 3.8) is 0 Å². The Balaban J connectivity index is 2.01. The molecular formula is C13H15N3O4. The fourth-order valence-corrected chi connectivity index (χ4v) is 2.03. The van der Waals surface area contributed by atoms with Crippen molar-refractivity contribution in [2.45, 2.75) is 24.9 Å². The van der Waals surface area contributed by atoms with Gasteiger partial charge in [0.2, 0.25) is 17.7 Å². The summed E-state index contributed by atoms with van der Waals surface area (Å²) in [6.45, 7) is 0. The second-order valence-corrected chi connectivity index (χ2v) is 4.66. The third kappa shape index (κ3) is 3.25. The summed E-state index contributed by atoms with van der Waals surface area (Å²) in [6, 6.07) is 4.75. The molecule has 7 heteroatoms. The van der Waals surface area contributed by atoms with Gasteiger partial charge >= 0.3 is 0 Å². The van der Waals surface area contributed by atoms with Crippen LogP contribution < -0.4 is 16.4 Å². The first-order chi connectivity index (χ1) is 9.45. The van der Waals surface area contributed by atoms with E-state index in [0.717, 1.165) is 5.56 Å². The Morgan fingerprint density at radius 1 is 1.10 bits per heavy atom. The monoisotopic (exact) mass is 277 g/mol. The van der Waals surface area contributed by atoms with Crippen molar-refractivity contribution in [2.75, 3.05) is 0 Å². The van der Waals surface area contributed by atoms with E-state index >= 15 is 0 Å². The molecular weight excluding hydrogens is 262 g/mol. The molecule has 1 fully saturated rings. The molecule has 2 rings (SSSR count). The summed E-state index contributed by atoms with van der Waals surface area (Å²) in [5.41, 5.74) is 5.81. The van der Waals surface area contributed by atoms with E-state index in [4.69, 9.17) is 5.73 Å². The summed E-state index contributed by atoms with van der Waals surface area (Å²) < 4.78 is 0. The van der Waals surface area contributed by atoms with Gasteiger partial charge in [-0.15, -0.1) is 0 Å². The van der Waals surface area contributed by atoms with Crippen LogP contribution in [-0.4, -0.2) is 34.9 Å². The molecule has 7 nitrogen and oxygen atoms in total. The number of rotatable bonds is 4. The average molecular weight is 277 g/mol. The smallest absolute Gasteiger partial charge is 0.243 e. The van der Waals surface area contributed by atoms with Crippen molar-refractivity contribution in [1.29, 1.82) is 0 Å². The molecule has 0 saturated carbocycles. The summed E-state index contributed by atoms with van der Waals surface area (Å²) in [4.78, 5) is 34.4. The lowest BCUT2D eigenvalue weighted by Crippen LogP contribution is -2.62. The molecule has 1 aliphatic heterocycles. The van der Waals surface area contributed by atoms with Crippen molar-refractivity contribution >= 4 is 17.7 Å². The van der Waals surface area contributed by atoms with Crippen LogP contribution in [0.25, 0.3) is 0 Å². The maximum atomic E-state index is 11.9. The van der Waals surface area contributed by atoms with Crippen LogP contribution in [0.2, 0.25) is 0 Å². The van der Waals surface area contributed by atoms with Gasteiger partial charge in [-0.25, -0.2) is 0 Å². The van der Waals surface area contributed by atoms with Gasteiger partial charge in [-0.05, 0) is 17.7 Å². The van der Waals surface area contributed by atoms with Gasteiger partial charge in [-0.3, -0.25) is 14.4 Å². The minimum absolute atomic E-state index is 0.132. The molecule has 1 aromatic carbocycles. The summed E-state index contributed by atoms with van der Waals surface area (Å²) in [6.07, 6.45) is 0.0879. The minimum atomic E-state index is -0.906. The molecule has 0 bridgehead atoms. The molecule has 2 unspecified atom stereocenters. The van der Waals surface area contributed by atoms with Crippen molar-refractivity contribution in [2.24, 2.45) is 5.73 Å². The predicted molar refractivity (Wildman–Crippen MR) is 69.5 cm³/mol. The van der Waals surface area contributed by atoms with E-state index in [9.17, 15) is 19.5 Å². The molecule has 1 aromatic rings. The maximum absolute atomic E-state index is 11.9. The first kappa shape index (κ1) is 13.9. The van der Waals surface area contributed by atoms with Crippen LogP contribution >= 0.6 is 0 Å². The number of amides is 3. The number of phenols is 1. The van der Waals surface area contributed by atoms with Crippen LogP contribution in [-0.2, 0) is 20.8 Å². The van der Waals surface area contributed by atoms with Crippen LogP contribution in [0.5, 0.6) is 5.75 Å². The lowest BCUT2D eigenvalue weighted by atomic mass is 10.0. The van der Waals surface area contributed by atoms with E-state index in [2.05, 4.69) is 10.6 Å². The zero-order valence-electron chi connectivity index (χ0n) is 10.6. The first-order valence-electron chi connectivity index (χ1n) is 6.12. The van der Waals surface area contributed by atoms with Gasteiger partial charge in [0.25, 0.3) is 0 Å². The summed E-state index contributed by atoms with van der Waals surface area (Å²) >= 11 is 0. The standard InChI is InChI=1S/C13H15N3O4/c14-11(18)6-10-13(20)15-9(12(19)16-10)5-7-1-3-8(17)4-2-7/h1-4,9-10,17H,5-6H2,(H2,14,18)(H,15,20)(H,16,19). The quantitative estimate of drug-likeness (QED) is 0.552. The maximum Gasteiger partial charge on any atom is 0.243 e. The Kier molecular flexibility index (Phi) is 3.88. The zero-order valence-corrected chi connectivity index (χ0v) is 10.6. The summed E-state index contributed by atoms with van der Waals surface area (Å²) in [7, 11) is 0. The molecule has 1 aliphatic rings. The van der Waals surface area contributed by atoms with Gasteiger partial charge in [0.05, 0.1) is 6.42 Å². The predicted octanol–water partition coefficient (Wildman–Crippen LogP) is -1.21. The van der Waals surface area contributed by atoms with Crippen LogP contribution in [0, 0.1) is 0 Å². The first-order valence-corrected chi connectivity index (χ1v) is 6.12. The lowest BCUT2D eigenvalue weighted by molar-refractivity contribution is -0.138. The summed E-state index contributed by atoms with van der Waals surface area (Å²) in [5.74, 6) is -1.30. The van der Waals surface area contributed by atoms with Gasteiger partial charge in [0.15, 0.2) is 0 Å². The van der Waals surface area contributed by atoms with Gasteiger partial charge < -0.3 is 21.5 Å². The molecule has 0 radical (unpaired) electrons. The lowest BCUT2D eigenvalue weighted by Gasteiger charge is -2.29. The Labute approximate surface area is 115 Å². The number of nitrogens with two attached hydrogens (primary N) is 1. The highest BCUT2D eigenvalue weighted by Gasteiger charge is 2.34. The number of phenolic OH excluding ortho intramolecular Hbond substituents is 1. The largest absolute Gasteiger partial charge is 0.508 e. The number of hydrogen-bond donors (Lipinski definition) is 4. The molecule has 0 aliphatic carbocycles. The molecule has 1 heterocycles. The van der Waals surface area contributed by atoms with E-state index in [1.807, 2.05) is 0 Å². The van der Waals surface area contributed by atoms with Gasteiger partial charge in [-0.2, -0.15) is 0 Å². The Bertz CT molecular complexity index is 541. The molecule has 20 heavy (non-hydrogen) atoms. The Morgan fingerprint density at radius 2 is 1.65 bits per heavy atom. The number of benzene rings is 1. The van der Waals surface area contributed by atoms with Crippen molar-refractivity contribution in [3.05, 3.63) is 29.8 Å². The van der Waals surface area contributed by atoms with E-state index in [1.54, 1.807) is 12.1 Å². The van der Waals surface area contributed by atoms with Crippen molar-refractivity contribution in [1.82, 2.24) is 10.6 Å². The minimum Gasteiger partial charge on any atom is -0.508 e. The van der Waals surface area contributed by atoms with E-state index in [0.29, 0.717) is 6.42 Å². The Morgan fingerprint density at radius 3 is 2.25 bits per heavy atom. The van der Waals surface area contributed by atoms with E-state index < -0.39 is 23.9 Å². The van der Waals surface area contributed by atoms with Crippen molar-refractivity contribution < 1.29 is 19.5 Å². The molecule has 5 N–H and O–H groups in total. The number of piperazine rings is 1. The number of nitrogens with one attached hydrogen (secondary N) is 2. The highest BCUT2D eigenvalue weighted by Crippen LogP contribution is 2.13. The topological polar surface area (TPSA) is 122 Å². The number of carbonyl (C=O) groups excluding carboxylic acids is 3. The number of hydrogen-bond acceptors (Lipinski definition) is 4. The molecule has 0 aromatic heterocycles.